The van der Waals surface area contributed by atoms with E-state index in [1.165, 1.54) is 7.05 Å². The monoisotopic (exact) mass is 407 g/mol. The van der Waals surface area contributed by atoms with E-state index in [0.717, 1.165) is 10.1 Å². The lowest BCUT2D eigenvalue weighted by atomic mass is 10.3. The van der Waals surface area contributed by atoms with Crippen LogP contribution in [0.5, 0.6) is 0 Å². The van der Waals surface area contributed by atoms with Crippen LogP contribution in [0.1, 0.15) is 0 Å². The molecule has 0 N–H and O–H groups in total. The molecule has 0 heterocycles. The first-order valence-corrected chi connectivity index (χ1v) is 10.0. The topological polar surface area (TPSA) is 29.5 Å². The summed E-state index contributed by atoms with van der Waals surface area (Å²) in [5.41, 5.74) is 2.54. The van der Waals surface area contributed by atoms with Crippen LogP contribution >= 0.6 is 0 Å². The van der Waals surface area contributed by atoms with Crippen LogP contribution in [0.2, 0.25) is 13.1 Å². The SMILES string of the molecule is C=C[Si](C)(C)c1cccc(N(C)C(=O)F)c1.FCF.FOCC(F)(F)F. The molecule has 1 rings (SSSR count). The Hall–Kier alpha value is -1.88. The molecule has 0 unspecified atom stereocenters. The number of amides is 1. The third-order valence-corrected chi connectivity index (χ3v) is 5.79. The number of benzene rings is 1. The summed E-state index contributed by atoms with van der Waals surface area (Å²) in [6.45, 7) is 4.55. The van der Waals surface area contributed by atoms with Gasteiger partial charge in [-0.3, -0.25) is 4.90 Å². The lowest BCUT2D eigenvalue weighted by Crippen LogP contribution is -2.39. The Bertz CT molecular complexity index is 553. The Morgan fingerprint density at radius 1 is 1.31 bits per heavy atom. The van der Waals surface area contributed by atoms with Crippen molar-refractivity contribution in [3.63, 3.8) is 0 Å². The van der Waals surface area contributed by atoms with Gasteiger partial charge in [-0.25, -0.2) is 13.6 Å². The minimum atomic E-state index is -4.55. The van der Waals surface area contributed by atoms with Crippen molar-refractivity contribution < 1.29 is 40.6 Å². The number of rotatable bonds is 4. The molecule has 0 fully saturated rings. The standard InChI is InChI=1S/C12H16FNOSi.C2H2F4O.CH2F2/c1-5-16(3,4)11-8-6-7-10(9-11)14(2)12(13)15;3-2(4,5)1-7-6;2-1-3/h5-9H,1H2,2-4H3;1H2;1H2. The molecule has 0 aromatic heterocycles. The lowest BCUT2D eigenvalue weighted by Gasteiger charge is -2.20. The molecule has 0 bridgehead atoms. The number of anilines is 1. The molecule has 0 saturated carbocycles. The fraction of sp³-hybridized carbons (Fsp3) is 0.400. The van der Waals surface area contributed by atoms with Crippen LogP contribution in [0.15, 0.2) is 36.5 Å². The van der Waals surface area contributed by atoms with E-state index in [1.54, 1.807) is 6.07 Å². The summed E-state index contributed by atoms with van der Waals surface area (Å²) in [6.07, 6.45) is -6.00. The highest BCUT2D eigenvalue weighted by molar-refractivity contribution is 6.93. The zero-order chi connectivity index (χ0) is 21.0. The van der Waals surface area contributed by atoms with Gasteiger partial charge in [0.2, 0.25) is 6.93 Å². The summed E-state index contributed by atoms with van der Waals surface area (Å²) < 4.78 is 74.2. The third kappa shape index (κ3) is 11.6. The van der Waals surface area contributed by atoms with E-state index < -0.39 is 33.9 Å². The Morgan fingerprint density at radius 2 is 1.81 bits per heavy atom. The van der Waals surface area contributed by atoms with Gasteiger partial charge in [0, 0.05) is 12.7 Å². The van der Waals surface area contributed by atoms with Crippen LogP contribution in [0, 0.1) is 0 Å². The number of carbonyl (C=O) groups excluding carboxylic acids is 1. The minimum Gasteiger partial charge on any atom is -0.287 e. The van der Waals surface area contributed by atoms with E-state index in [-0.39, 0.29) is 0 Å². The fourth-order valence-electron chi connectivity index (χ4n) is 1.40. The molecule has 0 spiro atoms. The number of halogens is 7. The summed E-state index contributed by atoms with van der Waals surface area (Å²) in [7, 11) is -0.241. The molecule has 0 aliphatic carbocycles. The molecule has 0 saturated heterocycles. The number of carbonyl (C=O) groups is 1. The average Bonchev–Trinajstić information content (AvgIpc) is 2.54. The van der Waals surface area contributed by atoms with Crippen molar-refractivity contribution in [2.24, 2.45) is 0 Å². The van der Waals surface area contributed by atoms with Gasteiger partial charge in [0.25, 0.3) is 0 Å². The highest BCUT2D eigenvalue weighted by atomic mass is 28.3. The normalized spacial score (nSPS) is 10.7. The Labute approximate surface area is 148 Å². The first-order valence-electron chi connectivity index (χ1n) is 6.95. The van der Waals surface area contributed by atoms with E-state index in [0.29, 0.717) is 5.69 Å². The van der Waals surface area contributed by atoms with Crippen LogP contribution in [0.3, 0.4) is 0 Å². The maximum absolute atomic E-state index is 12.6. The van der Waals surface area contributed by atoms with Crippen LogP contribution in [0.4, 0.5) is 41.4 Å². The summed E-state index contributed by atoms with van der Waals surface area (Å²) in [5.74, 6) is 0. The largest absolute Gasteiger partial charge is 0.415 e. The second-order valence-electron chi connectivity index (χ2n) is 5.26. The molecule has 1 amide bonds. The Balaban J connectivity index is 0. The van der Waals surface area contributed by atoms with Gasteiger partial charge in [0.05, 0.1) is 0 Å². The molecule has 26 heavy (non-hydrogen) atoms. The van der Waals surface area contributed by atoms with Crippen molar-refractivity contribution in [1.82, 2.24) is 0 Å². The van der Waals surface area contributed by atoms with Gasteiger partial charge < -0.3 is 0 Å². The minimum absolute atomic E-state index is 0.576. The van der Waals surface area contributed by atoms with Crippen molar-refractivity contribution in [3.8, 4) is 0 Å². The molecular formula is C15H20F7NO2Si. The molecular weight excluding hydrogens is 387 g/mol. The van der Waals surface area contributed by atoms with Crippen LogP contribution in [-0.4, -0.2) is 41.0 Å². The van der Waals surface area contributed by atoms with E-state index in [2.05, 4.69) is 24.6 Å². The molecule has 1 aromatic carbocycles. The molecule has 150 valence electrons. The van der Waals surface area contributed by atoms with Crippen molar-refractivity contribution in [1.29, 1.82) is 0 Å². The number of nitrogens with zero attached hydrogens (tertiary/aromatic N) is 1. The first-order chi connectivity index (χ1) is 11.9. The summed E-state index contributed by atoms with van der Waals surface area (Å²) in [4.78, 5) is 13.9. The highest BCUT2D eigenvalue weighted by Gasteiger charge is 2.27. The molecule has 11 heteroatoms. The molecule has 0 radical (unpaired) electrons. The van der Waals surface area contributed by atoms with Crippen molar-refractivity contribution >= 4 is 25.1 Å². The van der Waals surface area contributed by atoms with E-state index in [4.69, 9.17) is 0 Å². The van der Waals surface area contributed by atoms with Gasteiger partial charge in [-0.2, -0.15) is 18.1 Å². The quantitative estimate of drug-likeness (QED) is 0.298. The smallest absolute Gasteiger partial charge is 0.287 e. The predicted molar refractivity (Wildman–Crippen MR) is 88.9 cm³/mol. The van der Waals surface area contributed by atoms with E-state index in [9.17, 15) is 35.7 Å². The van der Waals surface area contributed by atoms with Gasteiger partial charge in [-0.1, -0.05) is 36.1 Å². The zero-order valence-electron chi connectivity index (χ0n) is 14.4. The van der Waals surface area contributed by atoms with Crippen molar-refractivity contribution in [2.75, 3.05) is 25.5 Å². The van der Waals surface area contributed by atoms with Crippen molar-refractivity contribution in [3.05, 3.63) is 36.5 Å². The average molecular weight is 407 g/mol. The molecule has 3 nitrogen and oxygen atoms in total. The second-order valence-corrected chi connectivity index (χ2v) is 9.69. The van der Waals surface area contributed by atoms with Gasteiger partial charge >= 0.3 is 12.3 Å². The van der Waals surface area contributed by atoms with Crippen molar-refractivity contribution in [2.45, 2.75) is 19.3 Å². The van der Waals surface area contributed by atoms with E-state index >= 15 is 0 Å². The van der Waals surface area contributed by atoms with Crippen LogP contribution in [0.25, 0.3) is 0 Å². The van der Waals surface area contributed by atoms with Gasteiger partial charge in [0.15, 0.2) is 6.61 Å². The lowest BCUT2D eigenvalue weighted by molar-refractivity contribution is -0.245. The highest BCUT2D eigenvalue weighted by Crippen LogP contribution is 2.15. The molecule has 0 aliphatic rings. The number of hydrogen-bond acceptors (Lipinski definition) is 2. The molecule has 1 aromatic rings. The van der Waals surface area contributed by atoms with Crippen LogP contribution in [-0.2, 0) is 4.94 Å². The summed E-state index contributed by atoms with van der Waals surface area (Å²) in [5, 5.41) is 1.13. The molecule has 0 atom stereocenters. The van der Waals surface area contributed by atoms with Gasteiger partial charge in [-0.05, 0) is 16.7 Å². The zero-order valence-corrected chi connectivity index (χ0v) is 15.4. The first kappa shape index (κ1) is 26.3. The third-order valence-electron chi connectivity index (χ3n) is 2.97. The maximum Gasteiger partial charge on any atom is 0.415 e. The Kier molecular flexibility index (Phi) is 12.6. The fourth-order valence-corrected chi connectivity index (χ4v) is 2.68. The summed E-state index contributed by atoms with van der Waals surface area (Å²) in [6, 6.07) is 7.40. The Morgan fingerprint density at radius 3 is 2.12 bits per heavy atom. The van der Waals surface area contributed by atoms with Crippen LogP contribution < -0.4 is 10.1 Å². The summed E-state index contributed by atoms with van der Waals surface area (Å²) >= 11 is 0. The second kappa shape index (κ2) is 12.5. The maximum atomic E-state index is 12.6. The number of hydrogen-bond donors (Lipinski definition) is 0. The number of alkyl halides is 5. The van der Waals surface area contributed by atoms with E-state index in [1.807, 2.05) is 23.9 Å². The predicted octanol–water partition coefficient (Wildman–Crippen LogP) is 5.19. The molecule has 0 aliphatic heterocycles. The van der Waals surface area contributed by atoms with Gasteiger partial charge in [0.1, 0.15) is 8.07 Å². The van der Waals surface area contributed by atoms with Gasteiger partial charge in [-0.15, -0.1) is 11.0 Å².